The van der Waals surface area contributed by atoms with E-state index in [9.17, 15) is 9.59 Å². The van der Waals surface area contributed by atoms with Gasteiger partial charge in [-0.25, -0.2) is 0 Å². The molecule has 2 atom stereocenters. The summed E-state index contributed by atoms with van der Waals surface area (Å²) in [5.74, 6) is 0.136. The van der Waals surface area contributed by atoms with Crippen molar-refractivity contribution < 1.29 is 14.3 Å². The zero-order valence-corrected chi connectivity index (χ0v) is 18.9. The molecule has 0 spiro atoms. The average Bonchev–Trinajstić information content (AvgIpc) is 3.43. The lowest BCUT2D eigenvalue weighted by molar-refractivity contribution is -0.154. The van der Waals surface area contributed by atoms with Gasteiger partial charge < -0.3 is 14.5 Å². The standard InChI is InChI=1S/C25H40N2O3/c1-30-25(15-7-4-8-16-25)22(20-12-5-2-3-6-13-20)24(29)27-19-11-14-21(27)23(28)26-17-9-10-18-26/h12,21-22H,2-11,13-19H2,1H3/t21-,22?/m1/s1. The number of carbonyl (C=O) groups excluding carboxylic acids is 2. The van der Waals surface area contributed by atoms with Gasteiger partial charge in [0.1, 0.15) is 6.04 Å². The van der Waals surface area contributed by atoms with E-state index in [4.69, 9.17) is 4.74 Å². The molecule has 2 aliphatic heterocycles. The summed E-state index contributed by atoms with van der Waals surface area (Å²) in [5, 5.41) is 0. The molecule has 2 heterocycles. The fourth-order valence-corrected chi connectivity index (χ4v) is 6.39. The maximum absolute atomic E-state index is 14.2. The van der Waals surface area contributed by atoms with Crippen molar-refractivity contribution in [1.29, 1.82) is 0 Å². The Morgan fingerprint density at radius 2 is 1.70 bits per heavy atom. The van der Waals surface area contributed by atoms with E-state index in [0.29, 0.717) is 6.54 Å². The Morgan fingerprint density at radius 3 is 2.43 bits per heavy atom. The van der Waals surface area contributed by atoms with Crippen LogP contribution in [0.4, 0.5) is 0 Å². The van der Waals surface area contributed by atoms with Crippen LogP contribution < -0.4 is 0 Å². The fourth-order valence-electron chi connectivity index (χ4n) is 6.39. The summed E-state index contributed by atoms with van der Waals surface area (Å²) in [6.45, 7) is 2.43. The van der Waals surface area contributed by atoms with Gasteiger partial charge >= 0.3 is 0 Å². The van der Waals surface area contributed by atoms with Crippen molar-refractivity contribution in [2.24, 2.45) is 5.92 Å². The largest absolute Gasteiger partial charge is 0.377 e. The zero-order chi connectivity index (χ0) is 21.0. The lowest BCUT2D eigenvalue weighted by Crippen LogP contribution is -2.55. The summed E-state index contributed by atoms with van der Waals surface area (Å²) in [7, 11) is 1.81. The van der Waals surface area contributed by atoms with Gasteiger partial charge in [0.25, 0.3) is 0 Å². The van der Waals surface area contributed by atoms with Crippen LogP contribution in [0.3, 0.4) is 0 Å². The summed E-state index contributed by atoms with van der Waals surface area (Å²) in [5.41, 5.74) is 0.899. The summed E-state index contributed by atoms with van der Waals surface area (Å²) in [6, 6.07) is -0.262. The number of nitrogens with zero attached hydrogens (tertiary/aromatic N) is 2. The van der Waals surface area contributed by atoms with Gasteiger partial charge in [-0.2, -0.15) is 0 Å². The van der Waals surface area contributed by atoms with E-state index in [1.807, 2.05) is 9.80 Å². The van der Waals surface area contributed by atoms with E-state index in [1.54, 1.807) is 7.11 Å². The second kappa shape index (κ2) is 9.84. The number of rotatable bonds is 5. The van der Waals surface area contributed by atoms with Gasteiger partial charge in [0.15, 0.2) is 0 Å². The van der Waals surface area contributed by atoms with Gasteiger partial charge in [0, 0.05) is 26.7 Å². The Balaban J connectivity index is 1.62. The number of ether oxygens (including phenoxy) is 1. The van der Waals surface area contributed by atoms with Gasteiger partial charge in [-0.1, -0.05) is 37.3 Å². The smallest absolute Gasteiger partial charge is 0.245 e. The number of hydrogen-bond acceptors (Lipinski definition) is 3. The summed E-state index contributed by atoms with van der Waals surface area (Å²) in [6.07, 6.45) is 17.3. The quantitative estimate of drug-likeness (QED) is 0.622. The molecule has 0 N–H and O–H groups in total. The van der Waals surface area contributed by atoms with Gasteiger partial charge in [-0.05, 0) is 64.2 Å². The Labute approximate surface area is 182 Å². The molecular formula is C25H40N2O3. The third-order valence-electron chi connectivity index (χ3n) is 8.07. The molecule has 3 fully saturated rings. The third kappa shape index (κ3) is 4.32. The van der Waals surface area contributed by atoms with E-state index in [2.05, 4.69) is 6.08 Å². The van der Waals surface area contributed by atoms with Crippen LogP contribution in [-0.2, 0) is 14.3 Å². The molecule has 0 aromatic carbocycles. The van der Waals surface area contributed by atoms with E-state index in [0.717, 1.165) is 83.7 Å². The van der Waals surface area contributed by atoms with Crippen molar-refractivity contribution in [3.05, 3.63) is 11.6 Å². The molecule has 2 amide bonds. The highest BCUT2D eigenvalue weighted by Crippen LogP contribution is 2.44. The predicted molar refractivity (Wildman–Crippen MR) is 118 cm³/mol. The molecule has 1 saturated carbocycles. The molecule has 2 aliphatic carbocycles. The number of hydrogen-bond donors (Lipinski definition) is 0. The van der Waals surface area contributed by atoms with Gasteiger partial charge in [-0.15, -0.1) is 0 Å². The lowest BCUT2D eigenvalue weighted by atomic mass is 9.70. The second-order valence-corrected chi connectivity index (χ2v) is 9.86. The number of methoxy groups -OCH3 is 1. The first-order valence-corrected chi connectivity index (χ1v) is 12.5. The molecule has 0 aromatic rings. The first kappa shape index (κ1) is 21.9. The van der Waals surface area contributed by atoms with Gasteiger partial charge in [0.05, 0.1) is 11.5 Å². The Kier molecular flexibility index (Phi) is 7.17. The van der Waals surface area contributed by atoms with Gasteiger partial charge in [0.2, 0.25) is 11.8 Å². The molecule has 2 saturated heterocycles. The van der Waals surface area contributed by atoms with Crippen molar-refractivity contribution in [2.45, 2.75) is 102 Å². The summed E-state index contributed by atoms with van der Waals surface area (Å²) in [4.78, 5) is 31.4. The van der Waals surface area contributed by atoms with Gasteiger partial charge in [-0.3, -0.25) is 9.59 Å². The highest BCUT2D eigenvalue weighted by Gasteiger charge is 2.49. The molecule has 1 unspecified atom stereocenters. The van der Waals surface area contributed by atoms with Crippen LogP contribution in [0.15, 0.2) is 11.6 Å². The molecule has 5 nitrogen and oxygen atoms in total. The second-order valence-electron chi connectivity index (χ2n) is 9.86. The minimum Gasteiger partial charge on any atom is -0.377 e. The molecular weight excluding hydrogens is 376 g/mol. The van der Waals surface area contributed by atoms with Crippen molar-refractivity contribution in [3.8, 4) is 0 Å². The van der Waals surface area contributed by atoms with Crippen molar-refractivity contribution in [1.82, 2.24) is 9.80 Å². The van der Waals surface area contributed by atoms with Crippen LogP contribution in [0.25, 0.3) is 0 Å². The highest BCUT2D eigenvalue weighted by molar-refractivity contribution is 5.91. The molecule has 4 rings (SSSR count). The van der Waals surface area contributed by atoms with Crippen molar-refractivity contribution >= 4 is 11.8 Å². The topological polar surface area (TPSA) is 49.9 Å². The van der Waals surface area contributed by atoms with Crippen LogP contribution >= 0.6 is 0 Å². The summed E-state index contributed by atoms with van der Waals surface area (Å²) < 4.78 is 6.23. The highest BCUT2D eigenvalue weighted by atomic mass is 16.5. The van der Waals surface area contributed by atoms with E-state index < -0.39 is 5.60 Å². The molecule has 30 heavy (non-hydrogen) atoms. The molecule has 168 valence electrons. The van der Waals surface area contributed by atoms with Crippen molar-refractivity contribution in [3.63, 3.8) is 0 Å². The average molecular weight is 417 g/mol. The first-order chi connectivity index (χ1) is 14.7. The maximum atomic E-state index is 14.2. The van der Waals surface area contributed by atoms with Crippen LogP contribution in [0.1, 0.15) is 89.9 Å². The predicted octanol–water partition coefficient (Wildman–Crippen LogP) is 4.46. The molecule has 0 bridgehead atoms. The monoisotopic (exact) mass is 416 g/mol. The fraction of sp³-hybridized carbons (Fsp3) is 0.840. The normalized spacial score (nSPS) is 28.2. The van der Waals surface area contributed by atoms with Crippen LogP contribution in [-0.4, -0.2) is 60.0 Å². The minimum absolute atomic E-state index is 0.168. The van der Waals surface area contributed by atoms with E-state index in [-0.39, 0.29) is 23.8 Å². The molecule has 0 aromatic heterocycles. The number of likely N-dealkylation sites (tertiary alicyclic amines) is 2. The Morgan fingerprint density at radius 1 is 0.967 bits per heavy atom. The molecule has 5 heteroatoms. The minimum atomic E-state index is -0.394. The number of amides is 2. The van der Waals surface area contributed by atoms with E-state index in [1.165, 1.54) is 24.8 Å². The van der Waals surface area contributed by atoms with Crippen LogP contribution in [0, 0.1) is 5.92 Å². The molecule has 0 radical (unpaired) electrons. The summed E-state index contributed by atoms with van der Waals surface area (Å²) >= 11 is 0. The Hall–Kier alpha value is -1.36. The SMILES string of the molecule is COC1(C(C(=O)N2CCC[C@@H]2C(=O)N2CCCC2)C2=CCCCCC2)CCCCC1. The lowest BCUT2D eigenvalue weighted by Gasteiger charge is -2.44. The maximum Gasteiger partial charge on any atom is 0.245 e. The first-order valence-electron chi connectivity index (χ1n) is 12.5. The zero-order valence-electron chi connectivity index (χ0n) is 18.9. The number of carbonyl (C=O) groups is 2. The van der Waals surface area contributed by atoms with Crippen LogP contribution in [0.5, 0.6) is 0 Å². The number of allylic oxidation sites excluding steroid dienone is 1. The van der Waals surface area contributed by atoms with E-state index >= 15 is 0 Å². The Bertz CT molecular complexity index is 647. The molecule has 4 aliphatic rings. The van der Waals surface area contributed by atoms with Crippen molar-refractivity contribution in [2.75, 3.05) is 26.7 Å². The third-order valence-corrected chi connectivity index (χ3v) is 8.07. The van der Waals surface area contributed by atoms with Crippen LogP contribution in [0.2, 0.25) is 0 Å².